The highest BCUT2D eigenvalue weighted by molar-refractivity contribution is 5.59. The number of aromatic nitrogens is 1. The average molecular weight is 294 g/mol. The van der Waals surface area contributed by atoms with Gasteiger partial charge in [0.2, 0.25) is 0 Å². The first-order chi connectivity index (χ1) is 10.8. The Bertz CT molecular complexity index is 723. The van der Waals surface area contributed by atoms with Crippen LogP contribution in [0, 0.1) is 0 Å². The summed E-state index contributed by atoms with van der Waals surface area (Å²) in [6.07, 6.45) is 1.80. The molecule has 0 aliphatic rings. The second-order valence-corrected chi connectivity index (χ2v) is 4.92. The molecule has 0 aliphatic carbocycles. The van der Waals surface area contributed by atoms with E-state index < -0.39 is 0 Å². The zero-order chi connectivity index (χ0) is 15.2. The summed E-state index contributed by atoms with van der Waals surface area (Å²) in [5.41, 5.74) is 2.03. The maximum Gasteiger partial charge on any atom is 0.134 e. The van der Waals surface area contributed by atoms with Crippen LogP contribution in [-0.2, 0) is 13.1 Å². The maximum atomic E-state index is 5.87. The van der Waals surface area contributed by atoms with Crippen LogP contribution in [0.2, 0.25) is 0 Å². The molecular formula is C18H18N2O2. The van der Waals surface area contributed by atoms with Crippen molar-refractivity contribution in [2.45, 2.75) is 13.1 Å². The molecule has 22 heavy (non-hydrogen) atoms. The van der Waals surface area contributed by atoms with E-state index in [1.807, 2.05) is 54.6 Å². The SMILES string of the molecule is COc1cccc(-c2ccc(CNCc3ccccn3)o2)c1. The van der Waals surface area contributed by atoms with Crippen LogP contribution in [0.25, 0.3) is 11.3 Å². The van der Waals surface area contributed by atoms with Crippen LogP contribution in [-0.4, -0.2) is 12.1 Å². The number of methoxy groups -OCH3 is 1. The zero-order valence-corrected chi connectivity index (χ0v) is 12.5. The third-order valence-electron chi connectivity index (χ3n) is 3.35. The van der Waals surface area contributed by atoms with Crippen LogP contribution in [0.15, 0.2) is 65.2 Å². The van der Waals surface area contributed by atoms with Crippen molar-refractivity contribution in [3.05, 3.63) is 72.2 Å². The molecule has 0 saturated carbocycles. The van der Waals surface area contributed by atoms with Crippen molar-refractivity contribution in [3.8, 4) is 17.1 Å². The smallest absolute Gasteiger partial charge is 0.134 e. The second-order valence-electron chi connectivity index (χ2n) is 4.92. The van der Waals surface area contributed by atoms with Gasteiger partial charge >= 0.3 is 0 Å². The lowest BCUT2D eigenvalue weighted by Gasteiger charge is -2.03. The standard InChI is InChI=1S/C18H18N2O2/c1-21-16-7-4-5-14(11-16)18-9-8-17(22-18)13-19-12-15-6-2-3-10-20-15/h2-11,19H,12-13H2,1H3. The van der Waals surface area contributed by atoms with Gasteiger partial charge in [-0.05, 0) is 36.4 Å². The highest BCUT2D eigenvalue weighted by Crippen LogP contribution is 2.25. The number of nitrogens with one attached hydrogen (secondary N) is 1. The molecule has 0 bridgehead atoms. The molecule has 0 atom stereocenters. The highest BCUT2D eigenvalue weighted by atomic mass is 16.5. The van der Waals surface area contributed by atoms with Gasteiger partial charge in [-0.25, -0.2) is 0 Å². The topological polar surface area (TPSA) is 47.3 Å². The number of ether oxygens (including phenoxy) is 1. The lowest BCUT2D eigenvalue weighted by Crippen LogP contribution is -2.12. The molecule has 4 heteroatoms. The van der Waals surface area contributed by atoms with Gasteiger partial charge in [0, 0.05) is 18.3 Å². The van der Waals surface area contributed by atoms with Gasteiger partial charge in [-0.3, -0.25) is 4.98 Å². The minimum atomic E-state index is 0.667. The first kappa shape index (κ1) is 14.4. The highest BCUT2D eigenvalue weighted by Gasteiger charge is 2.06. The summed E-state index contributed by atoms with van der Waals surface area (Å²) in [6, 6.07) is 17.7. The Hall–Kier alpha value is -2.59. The molecule has 0 radical (unpaired) electrons. The van der Waals surface area contributed by atoms with E-state index >= 15 is 0 Å². The Morgan fingerprint density at radius 2 is 2.00 bits per heavy atom. The fourth-order valence-electron chi connectivity index (χ4n) is 2.22. The third-order valence-corrected chi connectivity index (χ3v) is 3.35. The third kappa shape index (κ3) is 3.54. The second kappa shape index (κ2) is 6.91. The van der Waals surface area contributed by atoms with Crippen LogP contribution in [0.3, 0.4) is 0 Å². The van der Waals surface area contributed by atoms with Gasteiger partial charge in [0.05, 0.1) is 19.3 Å². The number of hydrogen-bond acceptors (Lipinski definition) is 4. The molecule has 112 valence electrons. The van der Waals surface area contributed by atoms with E-state index in [1.165, 1.54) is 0 Å². The summed E-state index contributed by atoms with van der Waals surface area (Å²) in [5, 5.41) is 3.32. The van der Waals surface area contributed by atoms with Gasteiger partial charge in [-0.2, -0.15) is 0 Å². The first-order valence-corrected chi connectivity index (χ1v) is 7.19. The zero-order valence-electron chi connectivity index (χ0n) is 12.5. The van der Waals surface area contributed by atoms with Crippen molar-refractivity contribution in [1.82, 2.24) is 10.3 Å². The average Bonchev–Trinajstić information content (AvgIpc) is 3.05. The number of furan rings is 1. The van der Waals surface area contributed by atoms with Crippen molar-refractivity contribution in [3.63, 3.8) is 0 Å². The fourth-order valence-corrected chi connectivity index (χ4v) is 2.22. The van der Waals surface area contributed by atoms with E-state index in [1.54, 1.807) is 13.3 Å². The Kier molecular flexibility index (Phi) is 4.51. The van der Waals surface area contributed by atoms with Gasteiger partial charge in [0.25, 0.3) is 0 Å². The van der Waals surface area contributed by atoms with E-state index in [2.05, 4.69) is 10.3 Å². The summed E-state index contributed by atoms with van der Waals surface area (Å²) in [5.74, 6) is 2.56. The van der Waals surface area contributed by atoms with E-state index in [9.17, 15) is 0 Å². The van der Waals surface area contributed by atoms with Crippen molar-refractivity contribution in [1.29, 1.82) is 0 Å². The number of pyridine rings is 1. The summed E-state index contributed by atoms with van der Waals surface area (Å²) >= 11 is 0. The van der Waals surface area contributed by atoms with Crippen molar-refractivity contribution in [2.75, 3.05) is 7.11 Å². The number of nitrogens with zero attached hydrogens (tertiary/aromatic N) is 1. The monoisotopic (exact) mass is 294 g/mol. The van der Waals surface area contributed by atoms with Crippen LogP contribution < -0.4 is 10.1 Å². The van der Waals surface area contributed by atoms with Crippen LogP contribution in [0.5, 0.6) is 5.75 Å². The van der Waals surface area contributed by atoms with Gasteiger partial charge < -0.3 is 14.5 Å². The molecule has 1 aromatic carbocycles. The molecule has 0 saturated heterocycles. The Labute approximate surface area is 129 Å². The van der Waals surface area contributed by atoms with Crippen molar-refractivity contribution < 1.29 is 9.15 Å². The van der Waals surface area contributed by atoms with E-state index in [4.69, 9.17) is 9.15 Å². The summed E-state index contributed by atoms with van der Waals surface area (Å²) < 4.78 is 11.1. The largest absolute Gasteiger partial charge is 0.497 e. The van der Waals surface area contributed by atoms with E-state index in [0.717, 1.165) is 35.1 Å². The van der Waals surface area contributed by atoms with Crippen molar-refractivity contribution >= 4 is 0 Å². The molecule has 0 fully saturated rings. The minimum absolute atomic E-state index is 0.667. The summed E-state index contributed by atoms with van der Waals surface area (Å²) in [6.45, 7) is 1.39. The molecule has 2 aromatic heterocycles. The van der Waals surface area contributed by atoms with Crippen molar-refractivity contribution in [2.24, 2.45) is 0 Å². The summed E-state index contributed by atoms with van der Waals surface area (Å²) in [7, 11) is 1.66. The predicted molar refractivity (Wildman–Crippen MR) is 85.5 cm³/mol. The first-order valence-electron chi connectivity index (χ1n) is 7.19. The molecular weight excluding hydrogens is 276 g/mol. The Morgan fingerprint density at radius 3 is 2.82 bits per heavy atom. The van der Waals surface area contributed by atoms with Crippen LogP contribution in [0.1, 0.15) is 11.5 Å². The lowest BCUT2D eigenvalue weighted by atomic mass is 10.2. The minimum Gasteiger partial charge on any atom is -0.497 e. The molecule has 0 aliphatic heterocycles. The molecule has 2 heterocycles. The molecule has 3 aromatic rings. The molecule has 4 nitrogen and oxygen atoms in total. The predicted octanol–water partition coefficient (Wildman–Crippen LogP) is 3.64. The summed E-state index contributed by atoms with van der Waals surface area (Å²) in [4.78, 5) is 4.27. The number of hydrogen-bond donors (Lipinski definition) is 1. The van der Waals surface area contributed by atoms with Gasteiger partial charge in [0.15, 0.2) is 0 Å². The fraction of sp³-hybridized carbons (Fsp3) is 0.167. The quantitative estimate of drug-likeness (QED) is 0.754. The van der Waals surface area contributed by atoms with E-state index in [-0.39, 0.29) is 0 Å². The van der Waals surface area contributed by atoms with E-state index in [0.29, 0.717) is 6.54 Å². The molecule has 3 rings (SSSR count). The molecule has 0 amide bonds. The Morgan fingerprint density at radius 1 is 1.05 bits per heavy atom. The molecule has 1 N–H and O–H groups in total. The Balaban J connectivity index is 1.61. The van der Waals surface area contributed by atoms with Crippen LogP contribution in [0.4, 0.5) is 0 Å². The number of rotatable bonds is 6. The maximum absolute atomic E-state index is 5.87. The number of benzene rings is 1. The normalized spacial score (nSPS) is 10.6. The molecule has 0 spiro atoms. The van der Waals surface area contributed by atoms with Gasteiger partial charge in [0.1, 0.15) is 17.3 Å². The van der Waals surface area contributed by atoms with Gasteiger partial charge in [-0.1, -0.05) is 18.2 Å². The van der Waals surface area contributed by atoms with Gasteiger partial charge in [-0.15, -0.1) is 0 Å². The van der Waals surface area contributed by atoms with Crippen LogP contribution >= 0.6 is 0 Å². The molecule has 0 unspecified atom stereocenters. The lowest BCUT2D eigenvalue weighted by molar-refractivity contribution is 0.414.